The van der Waals surface area contributed by atoms with E-state index in [0.29, 0.717) is 17.2 Å². The molecule has 78 valence electrons. The van der Waals surface area contributed by atoms with Crippen LogP contribution in [0.15, 0.2) is 27.6 Å². The molecule has 5 heteroatoms. The summed E-state index contributed by atoms with van der Waals surface area (Å²) in [6, 6.07) is 5.39. The Labute approximate surface area is 97.8 Å². The summed E-state index contributed by atoms with van der Waals surface area (Å²) in [5.41, 5.74) is 0.886. The zero-order valence-electron chi connectivity index (χ0n) is 7.72. The Morgan fingerprint density at radius 3 is 2.71 bits per heavy atom. The van der Waals surface area contributed by atoms with Crippen LogP contribution in [-0.2, 0) is 16.1 Å². The van der Waals surface area contributed by atoms with Crippen molar-refractivity contribution in [3.8, 4) is 0 Å². The molecule has 0 saturated heterocycles. The van der Waals surface area contributed by atoms with E-state index in [2.05, 4.69) is 15.9 Å². The predicted molar refractivity (Wildman–Crippen MR) is 63.6 cm³/mol. The van der Waals surface area contributed by atoms with Crippen molar-refractivity contribution in [3.05, 3.63) is 28.2 Å². The van der Waals surface area contributed by atoms with Crippen molar-refractivity contribution in [1.82, 2.24) is 0 Å². The van der Waals surface area contributed by atoms with Gasteiger partial charge in [-0.05, 0) is 30.2 Å². The molecule has 1 atom stereocenters. The Morgan fingerprint density at radius 2 is 2.21 bits per heavy atom. The normalized spacial score (nSPS) is 15.1. The summed E-state index contributed by atoms with van der Waals surface area (Å²) in [4.78, 5) is 0.585. The second kappa shape index (κ2) is 4.64. The van der Waals surface area contributed by atoms with E-state index in [0.717, 1.165) is 10.0 Å². The molecule has 14 heavy (non-hydrogen) atoms. The van der Waals surface area contributed by atoms with Crippen LogP contribution >= 0.6 is 27.5 Å². The molecule has 0 amide bonds. The first-order valence-corrected chi connectivity index (χ1v) is 7.32. The third kappa shape index (κ3) is 2.97. The van der Waals surface area contributed by atoms with Gasteiger partial charge in [0.15, 0.2) is 0 Å². The Kier molecular flexibility index (Phi) is 3.98. The monoisotopic (exact) mass is 295 g/mol. The molecule has 0 heterocycles. The molecule has 1 N–H and O–H groups in total. The maximum absolute atomic E-state index is 11.6. The Balaban J connectivity index is 3.29. The number of hydrogen-bond acceptors (Lipinski definition) is 2. The summed E-state index contributed by atoms with van der Waals surface area (Å²) in [5, 5.41) is 0. The molecule has 0 aliphatic heterocycles. The highest BCUT2D eigenvalue weighted by Crippen LogP contribution is 2.21. The summed E-state index contributed by atoms with van der Waals surface area (Å²) in [6.45, 7) is 0. The van der Waals surface area contributed by atoms with Gasteiger partial charge in [0.2, 0.25) is 0 Å². The van der Waals surface area contributed by atoms with Crippen LogP contribution in [0, 0.1) is 4.78 Å². The third-order valence-electron chi connectivity index (χ3n) is 1.81. The molecule has 2 nitrogen and oxygen atoms in total. The van der Waals surface area contributed by atoms with E-state index in [-0.39, 0.29) is 0 Å². The van der Waals surface area contributed by atoms with Crippen LogP contribution in [0.5, 0.6) is 0 Å². The van der Waals surface area contributed by atoms with Gasteiger partial charge in [-0.15, -0.1) is 11.6 Å². The molecular formula is C9H11BrClNOS. The van der Waals surface area contributed by atoms with Crippen molar-refractivity contribution in [3.63, 3.8) is 0 Å². The SMILES string of the molecule is CS(=N)(=O)c1ccc(Br)cc1CCCl. The highest BCUT2D eigenvalue weighted by atomic mass is 79.9. The van der Waals surface area contributed by atoms with E-state index >= 15 is 0 Å². The molecule has 1 aromatic carbocycles. The van der Waals surface area contributed by atoms with Crippen molar-refractivity contribution < 1.29 is 4.21 Å². The Morgan fingerprint density at radius 1 is 1.57 bits per heavy atom. The van der Waals surface area contributed by atoms with Crippen LogP contribution in [0.3, 0.4) is 0 Å². The van der Waals surface area contributed by atoms with Gasteiger partial charge in [-0.25, -0.2) is 8.99 Å². The van der Waals surface area contributed by atoms with E-state index < -0.39 is 9.73 Å². The Bertz CT molecular complexity index is 430. The van der Waals surface area contributed by atoms with Crippen LogP contribution in [-0.4, -0.2) is 16.3 Å². The van der Waals surface area contributed by atoms with Crippen molar-refractivity contribution in [2.45, 2.75) is 11.3 Å². The number of rotatable bonds is 3. The summed E-state index contributed by atoms with van der Waals surface area (Å²) in [6.07, 6.45) is 2.06. The van der Waals surface area contributed by atoms with Gasteiger partial charge < -0.3 is 0 Å². The zero-order chi connectivity index (χ0) is 10.8. The molecule has 0 aliphatic carbocycles. The Hall–Kier alpha value is -0.0600. The maximum Gasteiger partial charge on any atom is 0.0699 e. The number of alkyl halides is 1. The largest absolute Gasteiger partial charge is 0.249 e. The molecule has 0 aromatic heterocycles. The molecule has 0 bridgehead atoms. The molecular weight excluding hydrogens is 286 g/mol. The highest BCUT2D eigenvalue weighted by Gasteiger charge is 2.09. The second-order valence-corrected chi connectivity index (χ2v) is 6.46. The van der Waals surface area contributed by atoms with Gasteiger partial charge in [-0.1, -0.05) is 15.9 Å². The van der Waals surface area contributed by atoms with Gasteiger partial charge in [-0.3, -0.25) is 0 Å². The fourth-order valence-corrected chi connectivity index (χ4v) is 2.83. The molecule has 1 aromatic rings. The smallest absolute Gasteiger partial charge is 0.0699 e. The van der Waals surface area contributed by atoms with Gasteiger partial charge in [-0.2, -0.15) is 0 Å². The van der Waals surface area contributed by atoms with E-state index in [1.54, 1.807) is 12.1 Å². The summed E-state index contributed by atoms with van der Waals surface area (Å²) in [5.74, 6) is 0.471. The fourth-order valence-electron chi connectivity index (χ4n) is 1.23. The van der Waals surface area contributed by atoms with Crippen molar-refractivity contribution >= 4 is 37.3 Å². The number of hydrogen-bond donors (Lipinski definition) is 1. The maximum atomic E-state index is 11.6. The average Bonchev–Trinajstić information content (AvgIpc) is 2.02. The lowest BCUT2D eigenvalue weighted by atomic mass is 10.2. The van der Waals surface area contributed by atoms with Crippen molar-refractivity contribution in [2.24, 2.45) is 0 Å². The summed E-state index contributed by atoms with van der Waals surface area (Å²) in [7, 11) is -2.65. The molecule has 0 fully saturated rings. The minimum absolute atomic E-state index is 0.471. The van der Waals surface area contributed by atoms with E-state index in [1.165, 1.54) is 6.26 Å². The highest BCUT2D eigenvalue weighted by molar-refractivity contribution is 9.10. The van der Waals surface area contributed by atoms with Gasteiger partial charge in [0.25, 0.3) is 0 Å². The van der Waals surface area contributed by atoms with Gasteiger partial charge in [0.1, 0.15) is 0 Å². The minimum atomic E-state index is -2.65. The second-order valence-electron chi connectivity index (χ2n) is 3.03. The van der Waals surface area contributed by atoms with Crippen molar-refractivity contribution in [1.29, 1.82) is 4.78 Å². The van der Waals surface area contributed by atoms with Crippen LogP contribution < -0.4 is 0 Å². The van der Waals surface area contributed by atoms with Gasteiger partial charge in [0, 0.05) is 16.6 Å². The molecule has 0 saturated carbocycles. The van der Waals surface area contributed by atoms with Gasteiger partial charge >= 0.3 is 0 Å². The third-order valence-corrected chi connectivity index (χ3v) is 3.73. The lowest BCUT2D eigenvalue weighted by Crippen LogP contribution is -2.01. The average molecular weight is 297 g/mol. The van der Waals surface area contributed by atoms with Gasteiger partial charge in [0.05, 0.1) is 14.6 Å². The zero-order valence-corrected chi connectivity index (χ0v) is 10.9. The van der Waals surface area contributed by atoms with Crippen LogP contribution in [0.1, 0.15) is 5.56 Å². The first-order valence-electron chi connectivity index (χ1n) is 4.03. The number of halogens is 2. The molecule has 0 radical (unpaired) electrons. The number of nitrogens with one attached hydrogen (secondary N) is 1. The predicted octanol–water partition coefficient (Wildman–Crippen LogP) is 3.27. The molecule has 1 rings (SSSR count). The summed E-state index contributed by atoms with van der Waals surface area (Å²) < 4.78 is 20.1. The number of aryl methyl sites for hydroxylation is 1. The quantitative estimate of drug-likeness (QED) is 0.855. The minimum Gasteiger partial charge on any atom is -0.249 e. The lowest BCUT2D eigenvalue weighted by molar-refractivity contribution is 0.678. The van der Waals surface area contributed by atoms with Crippen LogP contribution in [0.2, 0.25) is 0 Å². The van der Waals surface area contributed by atoms with E-state index in [9.17, 15) is 4.21 Å². The molecule has 0 spiro atoms. The van der Waals surface area contributed by atoms with E-state index in [1.807, 2.05) is 6.07 Å². The van der Waals surface area contributed by atoms with Crippen LogP contribution in [0.25, 0.3) is 0 Å². The molecule has 1 unspecified atom stereocenters. The first kappa shape index (κ1) is 12.0. The van der Waals surface area contributed by atoms with Crippen LogP contribution in [0.4, 0.5) is 0 Å². The first-order chi connectivity index (χ1) is 6.45. The summed E-state index contributed by atoms with van der Waals surface area (Å²) >= 11 is 8.98. The number of benzene rings is 1. The standard InChI is InChI=1S/C9H11BrClNOS/c1-14(12,13)9-3-2-8(10)6-7(9)4-5-11/h2-3,6,12H,4-5H2,1H3. The van der Waals surface area contributed by atoms with Crippen molar-refractivity contribution in [2.75, 3.05) is 12.1 Å². The molecule has 0 aliphatic rings. The topological polar surface area (TPSA) is 40.9 Å². The lowest BCUT2D eigenvalue weighted by Gasteiger charge is -2.08. The van der Waals surface area contributed by atoms with E-state index in [4.69, 9.17) is 16.4 Å². The fraction of sp³-hybridized carbons (Fsp3) is 0.333.